The summed E-state index contributed by atoms with van der Waals surface area (Å²) in [6.07, 6.45) is 2.59. The van der Waals surface area contributed by atoms with Crippen molar-refractivity contribution in [3.8, 4) is 0 Å². The Labute approximate surface area is 99.9 Å². The predicted octanol–water partition coefficient (Wildman–Crippen LogP) is 1.96. The van der Waals surface area contributed by atoms with E-state index in [-0.39, 0.29) is 18.8 Å². The van der Waals surface area contributed by atoms with Crippen molar-refractivity contribution in [2.24, 2.45) is 11.8 Å². The number of alkyl halides is 2. The maximum Gasteiger partial charge on any atom is 0.248 e. The van der Waals surface area contributed by atoms with Gasteiger partial charge in [-0.25, -0.2) is 8.78 Å². The molecule has 0 aliphatic heterocycles. The zero-order chi connectivity index (χ0) is 12.5. The second kappa shape index (κ2) is 4.52. The van der Waals surface area contributed by atoms with Gasteiger partial charge in [0.15, 0.2) is 0 Å². The molecule has 0 aromatic heterocycles. The summed E-state index contributed by atoms with van der Waals surface area (Å²) < 4.78 is 32.2. The van der Waals surface area contributed by atoms with Crippen molar-refractivity contribution in [2.45, 2.75) is 43.6 Å². The summed E-state index contributed by atoms with van der Waals surface area (Å²) in [6, 6.07) is 0. The van der Waals surface area contributed by atoms with Crippen LogP contribution in [0.3, 0.4) is 0 Å². The summed E-state index contributed by atoms with van der Waals surface area (Å²) in [7, 11) is 1.60. The monoisotopic (exact) mass is 247 g/mol. The molecule has 5 heteroatoms. The van der Waals surface area contributed by atoms with Crippen LogP contribution in [0.25, 0.3) is 0 Å². The quantitative estimate of drug-likeness (QED) is 0.771. The van der Waals surface area contributed by atoms with E-state index in [1.807, 2.05) is 0 Å². The Morgan fingerprint density at radius 3 is 2.71 bits per heavy atom. The van der Waals surface area contributed by atoms with Crippen LogP contribution in [-0.4, -0.2) is 31.6 Å². The van der Waals surface area contributed by atoms with Crippen LogP contribution < -0.4 is 5.32 Å². The van der Waals surface area contributed by atoms with E-state index in [1.165, 1.54) is 0 Å². The Bertz CT molecular complexity index is 298. The zero-order valence-corrected chi connectivity index (χ0v) is 10.0. The van der Waals surface area contributed by atoms with Gasteiger partial charge >= 0.3 is 0 Å². The van der Waals surface area contributed by atoms with Gasteiger partial charge in [-0.15, -0.1) is 0 Å². The average Bonchev–Trinajstić information content (AvgIpc) is 2.63. The maximum atomic E-state index is 13.3. The van der Waals surface area contributed by atoms with Gasteiger partial charge in [0.1, 0.15) is 0 Å². The van der Waals surface area contributed by atoms with Gasteiger partial charge in [-0.3, -0.25) is 4.79 Å². The first-order chi connectivity index (χ1) is 8.00. The third-order valence-corrected chi connectivity index (χ3v) is 4.32. The summed E-state index contributed by atoms with van der Waals surface area (Å²) in [5, 5.41) is 2.62. The van der Waals surface area contributed by atoms with Crippen molar-refractivity contribution in [1.82, 2.24) is 5.32 Å². The molecule has 0 saturated heterocycles. The topological polar surface area (TPSA) is 38.3 Å². The molecule has 17 heavy (non-hydrogen) atoms. The fraction of sp³-hybridized carbons (Fsp3) is 0.917. The van der Waals surface area contributed by atoms with E-state index < -0.39 is 11.5 Å². The van der Waals surface area contributed by atoms with Gasteiger partial charge in [0.05, 0.1) is 5.60 Å². The summed E-state index contributed by atoms with van der Waals surface area (Å²) in [5.41, 5.74) is -0.434. The minimum absolute atomic E-state index is 0.00489. The van der Waals surface area contributed by atoms with Crippen LogP contribution in [0.5, 0.6) is 0 Å². The third kappa shape index (κ3) is 2.59. The number of nitrogens with one attached hydrogen (secondary N) is 1. The first-order valence-corrected chi connectivity index (χ1v) is 6.10. The number of amides is 1. The molecule has 0 aromatic carbocycles. The van der Waals surface area contributed by atoms with Crippen LogP contribution in [0.4, 0.5) is 8.78 Å². The Balaban J connectivity index is 2.03. The lowest BCUT2D eigenvalue weighted by Gasteiger charge is -2.31. The number of hydrogen-bond donors (Lipinski definition) is 1. The number of carbonyl (C=O) groups is 1. The van der Waals surface area contributed by atoms with Gasteiger partial charge in [0.25, 0.3) is 0 Å². The molecule has 0 spiro atoms. The Morgan fingerprint density at radius 2 is 2.06 bits per heavy atom. The van der Waals surface area contributed by atoms with Crippen LogP contribution >= 0.6 is 0 Å². The van der Waals surface area contributed by atoms with Gasteiger partial charge in [-0.2, -0.15) is 0 Å². The molecule has 98 valence electrons. The highest BCUT2D eigenvalue weighted by Gasteiger charge is 2.51. The Morgan fingerprint density at radius 1 is 1.35 bits per heavy atom. The van der Waals surface area contributed by atoms with Crippen molar-refractivity contribution < 1.29 is 18.3 Å². The largest absolute Gasteiger partial charge is 0.376 e. The second-order valence-corrected chi connectivity index (χ2v) is 5.41. The van der Waals surface area contributed by atoms with Crippen LogP contribution in [0.15, 0.2) is 0 Å². The summed E-state index contributed by atoms with van der Waals surface area (Å²) in [4.78, 5) is 10.4. The summed E-state index contributed by atoms with van der Waals surface area (Å²) in [5.74, 6) is -2.15. The Hall–Kier alpha value is -0.710. The molecule has 0 heterocycles. The molecule has 1 N–H and O–H groups in total. The molecule has 0 aromatic rings. The molecule has 2 fully saturated rings. The number of hydrogen-bond acceptors (Lipinski definition) is 2. The predicted molar refractivity (Wildman–Crippen MR) is 58.8 cm³/mol. The SMILES string of the molecule is COC1(CNC=O)CC2CCC(F)(F)CC2C1. The molecule has 1 amide bonds. The second-order valence-electron chi connectivity index (χ2n) is 5.41. The van der Waals surface area contributed by atoms with Gasteiger partial charge in [0.2, 0.25) is 12.3 Å². The van der Waals surface area contributed by atoms with E-state index in [2.05, 4.69) is 5.32 Å². The molecule has 2 aliphatic carbocycles. The van der Waals surface area contributed by atoms with Crippen molar-refractivity contribution in [1.29, 1.82) is 0 Å². The van der Waals surface area contributed by atoms with Crippen LogP contribution in [0, 0.1) is 11.8 Å². The molecule has 2 saturated carbocycles. The lowest BCUT2D eigenvalue weighted by atomic mass is 9.80. The maximum absolute atomic E-state index is 13.3. The van der Waals surface area contributed by atoms with E-state index in [0.29, 0.717) is 31.7 Å². The van der Waals surface area contributed by atoms with Crippen LogP contribution in [0.1, 0.15) is 32.1 Å². The number of fused-ring (bicyclic) bond motifs is 1. The van der Waals surface area contributed by atoms with Gasteiger partial charge in [-0.05, 0) is 31.1 Å². The highest BCUT2D eigenvalue weighted by molar-refractivity contribution is 5.46. The highest BCUT2D eigenvalue weighted by atomic mass is 19.3. The van der Waals surface area contributed by atoms with E-state index in [1.54, 1.807) is 7.11 Å². The first kappa shape index (κ1) is 12.7. The molecular weight excluding hydrogens is 228 g/mol. The number of ether oxygens (including phenoxy) is 1. The lowest BCUT2D eigenvalue weighted by Crippen LogP contribution is -2.40. The number of rotatable bonds is 4. The number of halogens is 2. The van der Waals surface area contributed by atoms with Crippen LogP contribution in [-0.2, 0) is 9.53 Å². The molecule has 0 bridgehead atoms. The minimum Gasteiger partial charge on any atom is -0.376 e. The van der Waals surface area contributed by atoms with E-state index in [9.17, 15) is 13.6 Å². The molecule has 3 nitrogen and oxygen atoms in total. The summed E-state index contributed by atoms with van der Waals surface area (Å²) >= 11 is 0. The smallest absolute Gasteiger partial charge is 0.248 e. The third-order valence-electron chi connectivity index (χ3n) is 4.32. The normalized spacial score (nSPS) is 39.7. The average molecular weight is 247 g/mol. The van der Waals surface area contributed by atoms with E-state index >= 15 is 0 Å². The first-order valence-electron chi connectivity index (χ1n) is 6.10. The fourth-order valence-corrected chi connectivity index (χ4v) is 3.44. The molecular formula is C12H19F2NO2. The van der Waals surface area contributed by atoms with Gasteiger partial charge in [-0.1, -0.05) is 0 Å². The van der Waals surface area contributed by atoms with Crippen molar-refractivity contribution in [2.75, 3.05) is 13.7 Å². The zero-order valence-electron chi connectivity index (χ0n) is 10.0. The fourth-order valence-electron chi connectivity index (χ4n) is 3.44. The van der Waals surface area contributed by atoms with Crippen molar-refractivity contribution in [3.63, 3.8) is 0 Å². The molecule has 3 unspecified atom stereocenters. The molecule has 2 rings (SSSR count). The molecule has 2 aliphatic rings. The van der Waals surface area contributed by atoms with Crippen molar-refractivity contribution in [3.05, 3.63) is 0 Å². The summed E-state index contributed by atoms with van der Waals surface area (Å²) in [6.45, 7) is 0.422. The van der Waals surface area contributed by atoms with Crippen molar-refractivity contribution >= 4 is 6.41 Å². The number of methoxy groups -OCH3 is 1. The van der Waals surface area contributed by atoms with E-state index in [4.69, 9.17) is 4.74 Å². The Kier molecular flexibility index (Phi) is 3.39. The number of carbonyl (C=O) groups excluding carboxylic acids is 1. The standard InChI is InChI=1S/C12H19F2NO2/c1-17-11(7-15-8-16)4-9-2-3-12(13,14)6-10(9)5-11/h8-10H,2-7H2,1H3,(H,15,16). The highest BCUT2D eigenvalue weighted by Crippen LogP contribution is 2.52. The molecule has 3 atom stereocenters. The van der Waals surface area contributed by atoms with Gasteiger partial charge < -0.3 is 10.1 Å². The molecule has 0 radical (unpaired) electrons. The van der Waals surface area contributed by atoms with Gasteiger partial charge in [0, 0.05) is 26.5 Å². The lowest BCUT2D eigenvalue weighted by molar-refractivity contribution is -0.111. The van der Waals surface area contributed by atoms with Crippen LogP contribution in [0.2, 0.25) is 0 Å². The van der Waals surface area contributed by atoms with E-state index in [0.717, 1.165) is 6.42 Å². The minimum atomic E-state index is -2.51.